The number of likely N-dealkylation sites (tertiary alicyclic amines) is 1. The van der Waals surface area contributed by atoms with Gasteiger partial charge in [-0.15, -0.1) is 24.0 Å². The monoisotopic (exact) mass is 543 g/mol. The number of nitrogens with one attached hydrogen (secondary N) is 3. The molecule has 176 valence electrons. The molecule has 1 aromatic rings. The van der Waals surface area contributed by atoms with Crippen molar-refractivity contribution >= 4 is 29.9 Å². The molecule has 0 amide bonds. The van der Waals surface area contributed by atoms with Crippen LogP contribution in [0.25, 0.3) is 0 Å². The number of hydrogen-bond acceptors (Lipinski definition) is 4. The third kappa shape index (κ3) is 8.86. The van der Waals surface area contributed by atoms with E-state index in [9.17, 15) is 0 Å². The average Bonchev–Trinajstić information content (AvgIpc) is 2.79. The lowest BCUT2D eigenvalue weighted by atomic mass is 9.88. The molecule has 6 nitrogen and oxygen atoms in total. The van der Waals surface area contributed by atoms with Crippen LogP contribution in [0.3, 0.4) is 0 Å². The lowest BCUT2D eigenvalue weighted by Gasteiger charge is -2.39. The number of halogens is 1. The van der Waals surface area contributed by atoms with E-state index in [4.69, 9.17) is 9.73 Å². The highest BCUT2D eigenvalue weighted by Gasteiger charge is 2.34. The molecule has 2 aliphatic heterocycles. The Hall–Kier alpha value is -0.900. The highest BCUT2D eigenvalue weighted by atomic mass is 127. The number of ether oxygens (including phenoxy) is 1. The van der Waals surface area contributed by atoms with Crippen LogP contribution in [-0.2, 0) is 4.74 Å². The number of rotatable bonds is 9. The Labute approximate surface area is 206 Å². The lowest BCUT2D eigenvalue weighted by Crippen LogP contribution is -2.53. The Morgan fingerprint density at radius 2 is 1.81 bits per heavy atom. The van der Waals surface area contributed by atoms with Crippen molar-refractivity contribution in [2.24, 2.45) is 4.99 Å². The first-order valence-corrected chi connectivity index (χ1v) is 11.9. The standard InChI is InChI=1S/C24H41N5O.HI/c1-3-25-23(26-14-17-29-15-8-5-9-16-29)27-20-24(12-18-30-19-13-24)28-21(2)22-10-6-4-7-11-22;/h4,6-7,10-11,21,28H,3,5,8-9,12-20H2,1-2H3,(H2,25,26,27);1H. The van der Waals surface area contributed by atoms with Crippen LogP contribution in [0, 0.1) is 0 Å². The van der Waals surface area contributed by atoms with Gasteiger partial charge in [0.15, 0.2) is 5.96 Å². The van der Waals surface area contributed by atoms with E-state index in [1.54, 1.807) is 0 Å². The second-order valence-electron chi connectivity index (χ2n) is 8.69. The maximum Gasteiger partial charge on any atom is 0.191 e. The van der Waals surface area contributed by atoms with E-state index in [-0.39, 0.29) is 35.6 Å². The summed E-state index contributed by atoms with van der Waals surface area (Å²) in [5.74, 6) is 0.926. The molecule has 0 radical (unpaired) electrons. The van der Waals surface area contributed by atoms with Gasteiger partial charge in [0.2, 0.25) is 0 Å². The molecule has 2 heterocycles. The first-order valence-electron chi connectivity index (χ1n) is 11.9. The fourth-order valence-electron chi connectivity index (χ4n) is 4.48. The lowest BCUT2D eigenvalue weighted by molar-refractivity contribution is 0.0374. The van der Waals surface area contributed by atoms with Crippen molar-refractivity contribution in [3.8, 4) is 0 Å². The molecule has 2 aliphatic rings. The van der Waals surface area contributed by atoms with Crippen LogP contribution < -0.4 is 16.0 Å². The first-order chi connectivity index (χ1) is 14.7. The molecule has 3 rings (SSSR count). The first kappa shape index (κ1) is 26.4. The summed E-state index contributed by atoms with van der Waals surface area (Å²) < 4.78 is 5.67. The zero-order valence-electron chi connectivity index (χ0n) is 19.4. The molecule has 2 saturated heterocycles. The number of benzene rings is 1. The van der Waals surface area contributed by atoms with Gasteiger partial charge in [-0.1, -0.05) is 36.8 Å². The topological polar surface area (TPSA) is 60.9 Å². The van der Waals surface area contributed by atoms with Gasteiger partial charge in [0.05, 0.1) is 6.54 Å². The molecule has 2 fully saturated rings. The van der Waals surface area contributed by atoms with Gasteiger partial charge in [-0.3, -0.25) is 4.99 Å². The van der Waals surface area contributed by atoms with Gasteiger partial charge in [0.1, 0.15) is 0 Å². The summed E-state index contributed by atoms with van der Waals surface area (Å²) in [5, 5.41) is 10.9. The fourth-order valence-corrected chi connectivity index (χ4v) is 4.48. The predicted molar refractivity (Wildman–Crippen MR) is 140 cm³/mol. The predicted octanol–water partition coefficient (Wildman–Crippen LogP) is 3.55. The van der Waals surface area contributed by atoms with E-state index in [0.717, 1.165) is 58.2 Å². The second kappa shape index (κ2) is 14.3. The molecule has 7 heteroatoms. The molecule has 3 N–H and O–H groups in total. The number of guanidine groups is 1. The Morgan fingerprint density at radius 1 is 1.10 bits per heavy atom. The van der Waals surface area contributed by atoms with Crippen molar-refractivity contribution in [3.63, 3.8) is 0 Å². The van der Waals surface area contributed by atoms with E-state index < -0.39 is 0 Å². The zero-order chi connectivity index (χ0) is 21.1. The van der Waals surface area contributed by atoms with E-state index in [1.807, 2.05) is 0 Å². The second-order valence-corrected chi connectivity index (χ2v) is 8.69. The Morgan fingerprint density at radius 3 is 2.48 bits per heavy atom. The number of hydrogen-bond donors (Lipinski definition) is 3. The van der Waals surface area contributed by atoms with Gasteiger partial charge < -0.3 is 25.6 Å². The highest BCUT2D eigenvalue weighted by Crippen LogP contribution is 2.26. The van der Waals surface area contributed by atoms with Crippen LogP contribution in [0.4, 0.5) is 0 Å². The zero-order valence-corrected chi connectivity index (χ0v) is 21.7. The molecule has 0 saturated carbocycles. The molecule has 0 spiro atoms. The summed E-state index contributed by atoms with van der Waals surface area (Å²) in [4.78, 5) is 7.56. The summed E-state index contributed by atoms with van der Waals surface area (Å²) in [6.07, 6.45) is 6.03. The number of piperidine rings is 1. The van der Waals surface area contributed by atoms with Crippen LogP contribution in [0.2, 0.25) is 0 Å². The van der Waals surface area contributed by atoms with Crippen molar-refractivity contribution in [3.05, 3.63) is 35.9 Å². The van der Waals surface area contributed by atoms with Gasteiger partial charge in [0.25, 0.3) is 0 Å². The average molecular weight is 544 g/mol. The molecule has 0 aromatic heterocycles. The number of aliphatic imine (C=N–C) groups is 1. The SMILES string of the molecule is CCNC(=NCC1(NC(C)c2ccccc2)CCOCC1)NCCN1CCCCC1.I. The Kier molecular flexibility index (Phi) is 12.1. The van der Waals surface area contributed by atoms with Crippen LogP contribution in [0.1, 0.15) is 57.6 Å². The van der Waals surface area contributed by atoms with Crippen molar-refractivity contribution < 1.29 is 4.74 Å². The van der Waals surface area contributed by atoms with Crippen LogP contribution in [0.5, 0.6) is 0 Å². The van der Waals surface area contributed by atoms with Gasteiger partial charge in [0, 0.05) is 44.4 Å². The summed E-state index contributed by atoms with van der Waals surface area (Å²) >= 11 is 0. The van der Waals surface area contributed by atoms with Gasteiger partial charge >= 0.3 is 0 Å². The molecular weight excluding hydrogens is 501 g/mol. The third-order valence-electron chi connectivity index (χ3n) is 6.33. The van der Waals surface area contributed by atoms with E-state index in [0.29, 0.717) is 0 Å². The van der Waals surface area contributed by atoms with Gasteiger partial charge in [-0.25, -0.2) is 0 Å². The maximum atomic E-state index is 5.67. The summed E-state index contributed by atoms with van der Waals surface area (Å²) in [6.45, 7) is 12.1. The smallest absolute Gasteiger partial charge is 0.191 e. The van der Waals surface area contributed by atoms with Crippen LogP contribution in [-0.4, -0.2) is 68.9 Å². The normalized spacial score (nSPS) is 20.5. The summed E-state index contributed by atoms with van der Waals surface area (Å²) in [5.41, 5.74) is 1.29. The van der Waals surface area contributed by atoms with Gasteiger partial charge in [-0.05, 0) is 58.2 Å². The van der Waals surface area contributed by atoms with Crippen molar-refractivity contribution in [2.75, 3.05) is 52.5 Å². The molecule has 1 aromatic carbocycles. The molecule has 1 atom stereocenters. The van der Waals surface area contributed by atoms with Crippen molar-refractivity contribution in [1.29, 1.82) is 0 Å². The quantitative estimate of drug-likeness (QED) is 0.253. The van der Waals surface area contributed by atoms with E-state index in [1.165, 1.54) is 37.9 Å². The van der Waals surface area contributed by atoms with E-state index in [2.05, 4.69) is 65.0 Å². The van der Waals surface area contributed by atoms with Crippen LogP contribution in [0.15, 0.2) is 35.3 Å². The molecule has 1 unspecified atom stereocenters. The van der Waals surface area contributed by atoms with E-state index >= 15 is 0 Å². The Bertz CT molecular complexity index is 630. The minimum Gasteiger partial charge on any atom is -0.381 e. The third-order valence-corrected chi connectivity index (χ3v) is 6.33. The van der Waals surface area contributed by atoms with Crippen molar-refractivity contribution in [2.45, 2.75) is 57.5 Å². The Balaban J connectivity index is 0.00000341. The molecule has 0 bridgehead atoms. The summed E-state index contributed by atoms with van der Waals surface area (Å²) in [6, 6.07) is 11.0. The van der Waals surface area contributed by atoms with Gasteiger partial charge in [-0.2, -0.15) is 0 Å². The van der Waals surface area contributed by atoms with Crippen LogP contribution >= 0.6 is 24.0 Å². The minimum atomic E-state index is -0.0251. The molecule has 0 aliphatic carbocycles. The maximum absolute atomic E-state index is 5.67. The summed E-state index contributed by atoms with van der Waals surface area (Å²) in [7, 11) is 0. The minimum absolute atomic E-state index is 0. The molecular formula is C24H42IN5O. The fraction of sp³-hybridized carbons (Fsp3) is 0.708. The highest BCUT2D eigenvalue weighted by molar-refractivity contribution is 14.0. The number of nitrogens with zero attached hydrogens (tertiary/aromatic N) is 2. The largest absolute Gasteiger partial charge is 0.381 e. The van der Waals surface area contributed by atoms with Crippen molar-refractivity contribution in [1.82, 2.24) is 20.9 Å². The molecule has 31 heavy (non-hydrogen) atoms.